The molecule has 0 aliphatic carbocycles. The van der Waals surface area contributed by atoms with E-state index < -0.39 is 0 Å². The van der Waals surface area contributed by atoms with Gasteiger partial charge in [-0.3, -0.25) is 0 Å². The Labute approximate surface area is 125 Å². The molecule has 102 valence electrons. The number of hydrogen-bond donors (Lipinski definition) is 0. The minimum absolute atomic E-state index is 0.930. The van der Waals surface area contributed by atoms with Crippen LogP contribution in [0.15, 0.2) is 30.3 Å². The van der Waals surface area contributed by atoms with Crippen LogP contribution in [0.2, 0.25) is 0 Å². The third-order valence-corrected chi connectivity index (χ3v) is 3.78. The Hall–Kier alpha value is -0.0900. The Morgan fingerprint density at radius 3 is 2.17 bits per heavy atom. The van der Waals surface area contributed by atoms with E-state index in [-0.39, 0.29) is 0 Å². The molecule has 0 N–H and O–H groups in total. The molecule has 1 nitrogen and oxygen atoms in total. The summed E-state index contributed by atoms with van der Waals surface area (Å²) in [5.74, 6) is 0. The smallest absolute Gasteiger partial charge is 0.0466 e. The van der Waals surface area contributed by atoms with Gasteiger partial charge in [0.1, 0.15) is 0 Å². The molecule has 1 aromatic carbocycles. The highest BCUT2D eigenvalue weighted by molar-refractivity contribution is 14.1. The molecule has 0 bridgehead atoms. The second-order valence-corrected chi connectivity index (χ2v) is 5.74. The van der Waals surface area contributed by atoms with Crippen LogP contribution in [-0.2, 0) is 11.2 Å². The van der Waals surface area contributed by atoms with Crippen LogP contribution in [0.5, 0.6) is 0 Å². The third-order valence-electron chi connectivity index (χ3n) is 3.02. The zero-order valence-electron chi connectivity index (χ0n) is 11.2. The number of ether oxygens (including phenoxy) is 1. The van der Waals surface area contributed by atoms with E-state index in [1.807, 2.05) is 0 Å². The maximum atomic E-state index is 5.65. The SMILES string of the molecule is ICCCCCCOCCCCc1ccccc1. The number of hydrogen-bond acceptors (Lipinski definition) is 1. The fourth-order valence-corrected chi connectivity index (χ4v) is 2.47. The lowest BCUT2D eigenvalue weighted by molar-refractivity contribution is 0.126. The van der Waals surface area contributed by atoms with Crippen LogP contribution in [0.3, 0.4) is 0 Å². The Morgan fingerprint density at radius 1 is 0.778 bits per heavy atom. The number of unbranched alkanes of at least 4 members (excludes halogenated alkanes) is 4. The monoisotopic (exact) mass is 360 g/mol. The molecule has 1 rings (SSSR count). The maximum Gasteiger partial charge on any atom is 0.0466 e. The molecule has 0 spiro atoms. The number of alkyl halides is 1. The minimum Gasteiger partial charge on any atom is -0.381 e. The molecule has 0 atom stereocenters. The topological polar surface area (TPSA) is 9.23 Å². The van der Waals surface area contributed by atoms with Gasteiger partial charge in [0.15, 0.2) is 0 Å². The Kier molecular flexibility index (Phi) is 10.6. The van der Waals surface area contributed by atoms with Gasteiger partial charge in [-0.15, -0.1) is 0 Å². The van der Waals surface area contributed by atoms with Crippen molar-refractivity contribution in [3.05, 3.63) is 35.9 Å². The van der Waals surface area contributed by atoms with Gasteiger partial charge < -0.3 is 4.74 Å². The average molecular weight is 360 g/mol. The van der Waals surface area contributed by atoms with Gasteiger partial charge in [-0.1, -0.05) is 65.8 Å². The van der Waals surface area contributed by atoms with Crippen molar-refractivity contribution in [2.75, 3.05) is 17.6 Å². The van der Waals surface area contributed by atoms with Crippen LogP contribution in [0.25, 0.3) is 0 Å². The molecule has 2 heteroatoms. The third kappa shape index (κ3) is 8.92. The van der Waals surface area contributed by atoms with Crippen molar-refractivity contribution in [1.29, 1.82) is 0 Å². The van der Waals surface area contributed by atoms with E-state index in [1.165, 1.54) is 54.9 Å². The van der Waals surface area contributed by atoms with E-state index in [0.29, 0.717) is 0 Å². The molecule has 0 amide bonds. The predicted molar refractivity (Wildman–Crippen MR) is 87.6 cm³/mol. The van der Waals surface area contributed by atoms with Crippen molar-refractivity contribution in [1.82, 2.24) is 0 Å². The summed E-state index contributed by atoms with van der Waals surface area (Å²) in [6.07, 6.45) is 8.88. The van der Waals surface area contributed by atoms with Crippen molar-refractivity contribution in [2.24, 2.45) is 0 Å². The minimum atomic E-state index is 0.930. The van der Waals surface area contributed by atoms with Crippen molar-refractivity contribution < 1.29 is 4.74 Å². The van der Waals surface area contributed by atoms with Gasteiger partial charge in [0, 0.05) is 13.2 Å². The standard InChI is InChI=1S/C16H25IO/c17-13-7-1-2-8-14-18-15-9-6-12-16-10-4-3-5-11-16/h3-5,10-11H,1-2,6-9,12-15H2. The van der Waals surface area contributed by atoms with Crippen molar-refractivity contribution >= 4 is 22.6 Å². The largest absolute Gasteiger partial charge is 0.381 e. The van der Waals surface area contributed by atoms with Crippen LogP contribution >= 0.6 is 22.6 Å². The van der Waals surface area contributed by atoms with Gasteiger partial charge >= 0.3 is 0 Å². The summed E-state index contributed by atoms with van der Waals surface area (Å²) < 4.78 is 6.94. The zero-order chi connectivity index (χ0) is 12.9. The zero-order valence-corrected chi connectivity index (χ0v) is 13.4. The molecule has 0 aromatic heterocycles. The lowest BCUT2D eigenvalue weighted by Crippen LogP contribution is -1.98. The van der Waals surface area contributed by atoms with Crippen LogP contribution in [0.1, 0.15) is 44.1 Å². The summed E-state index contributed by atoms with van der Waals surface area (Å²) in [5.41, 5.74) is 1.44. The molecule has 0 unspecified atom stereocenters. The Balaban J connectivity index is 1.82. The quantitative estimate of drug-likeness (QED) is 0.306. The fraction of sp³-hybridized carbons (Fsp3) is 0.625. The fourth-order valence-electron chi connectivity index (χ4n) is 1.93. The van der Waals surface area contributed by atoms with Gasteiger partial charge in [-0.25, -0.2) is 0 Å². The average Bonchev–Trinajstić information content (AvgIpc) is 2.42. The summed E-state index contributed by atoms with van der Waals surface area (Å²) in [6, 6.07) is 10.7. The van der Waals surface area contributed by atoms with E-state index in [4.69, 9.17) is 4.74 Å². The van der Waals surface area contributed by atoms with Crippen LogP contribution < -0.4 is 0 Å². The molecule has 0 radical (unpaired) electrons. The predicted octanol–water partition coefficient (Wildman–Crippen LogP) is 5.02. The first-order valence-electron chi connectivity index (χ1n) is 7.11. The van der Waals surface area contributed by atoms with Gasteiger partial charge in [0.05, 0.1) is 0 Å². The van der Waals surface area contributed by atoms with Gasteiger partial charge in [-0.2, -0.15) is 0 Å². The highest BCUT2D eigenvalue weighted by atomic mass is 127. The first-order valence-corrected chi connectivity index (χ1v) is 8.63. The first-order chi connectivity index (χ1) is 8.93. The Morgan fingerprint density at radius 2 is 1.44 bits per heavy atom. The maximum absolute atomic E-state index is 5.65. The summed E-state index contributed by atoms with van der Waals surface area (Å²) in [5, 5.41) is 0. The van der Waals surface area contributed by atoms with E-state index >= 15 is 0 Å². The molecule has 0 fully saturated rings. The van der Waals surface area contributed by atoms with Crippen LogP contribution in [0, 0.1) is 0 Å². The summed E-state index contributed by atoms with van der Waals surface area (Å²) in [7, 11) is 0. The summed E-state index contributed by atoms with van der Waals surface area (Å²) >= 11 is 2.44. The lowest BCUT2D eigenvalue weighted by Gasteiger charge is -2.04. The molecular weight excluding hydrogens is 335 g/mol. The molecule has 1 aromatic rings. The highest BCUT2D eigenvalue weighted by Gasteiger charge is 1.94. The van der Waals surface area contributed by atoms with Crippen LogP contribution in [-0.4, -0.2) is 17.6 Å². The van der Waals surface area contributed by atoms with Crippen molar-refractivity contribution in [3.8, 4) is 0 Å². The molecule has 0 saturated carbocycles. The normalized spacial score (nSPS) is 10.7. The van der Waals surface area contributed by atoms with E-state index in [9.17, 15) is 0 Å². The van der Waals surface area contributed by atoms with E-state index in [1.54, 1.807) is 0 Å². The van der Waals surface area contributed by atoms with E-state index in [2.05, 4.69) is 52.9 Å². The van der Waals surface area contributed by atoms with Crippen LogP contribution in [0.4, 0.5) is 0 Å². The summed E-state index contributed by atoms with van der Waals surface area (Å²) in [4.78, 5) is 0. The second-order valence-electron chi connectivity index (χ2n) is 4.66. The number of aryl methyl sites for hydroxylation is 1. The van der Waals surface area contributed by atoms with E-state index in [0.717, 1.165) is 13.2 Å². The highest BCUT2D eigenvalue weighted by Crippen LogP contribution is 2.05. The second kappa shape index (κ2) is 12.0. The molecular formula is C16H25IO. The van der Waals surface area contributed by atoms with Crippen molar-refractivity contribution in [2.45, 2.75) is 44.9 Å². The molecule has 0 heterocycles. The number of benzene rings is 1. The molecule has 0 aliphatic rings. The van der Waals surface area contributed by atoms with Gasteiger partial charge in [-0.05, 0) is 42.1 Å². The molecule has 0 saturated heterocycles. The molecule has 0 aliphatic heterocycles. The lowest BCUT2D eigenvalue weighted by atomic mass is 10.1. The van der Waals surface area contributed by atoms with Gasteiger partial charge in [0.2, 0.25) is 0 Å². The van der Waals surface area contributed by atoms with Crippen molar-refractivity contribution in [3.63, 3.8) is 0 Å². The first kappa shape index (κ1) is 16.0. The molecule has 18 heavy (non-hydrogen) atoms. The number of halogens is 1. The Bertz CT molecular complexity index is 274. The summed E-state index contributed by atoms with van der Waals surface area (Å²) in [6.45, 7) is 1.88. The number of rotatable bonds is 11. The van der Waals surface area contributed by atoms with Gasteiger partial charge in [0.25, 0.3) is 0 Å².